The molecule has 2 aliphatic rings. The Morgan fingerprint density at radius 2 is 1.69 bits per heavy atom. The van der Waals surface area contributed by atoms with E-state index in [1.165, 1.54) is 31.4 Å². The van der Waals surface area contributed by atoms with Crippen LogP contribution in [0.5, 0.6) is 11.5 Å². The predicted octanol–water partition coefficient (Wildman–Crippen LogP) is 3.89. The highest BCUT2D eigenvalue weighted by atomic mass is 32.1. The number of rotatable bonds is 15. The van der Waals surface area contributed by atoms with Crippen LogP contribution < -0.4 is 36.1 Å². The number of pyridine rings is 1. The molecule has 2 aromatic heterocycles. The number of hydrogen-bond donors (Lipinski definition) is 6. The first-order chi connectivity index (χ1) is 25.9. The average Bonchev–Trinajstić information content (AvgIpc) is 3.40. The third-order valence-electron chi connectivity index (χ3n) is 10.1. The summed E-state index contributed by atoms with van der Waals surface area (Å²) in [6, 6.07) is 5.39. The Morgan fingerprint density at radius 3 is 2.27 bits per heavy atom. The summed E-state index contributed by atoms with van der Waals surface area (Å²) < 4.78 is 12.1. The number of carbonyl (C=O) groups excluding carboxylic acids is 4. The maximum absolute atomic E-state index is 14.3. The molecule has 3 aromatic rings. The van der Waals surface area contributed by atoms with Crippen LogP contribution in [0.3, 0.4) is 0 Å². The standard InChI is InChI=1S/C39H51N7O8S/c1-10-21-17-39(21,36(51)52)46-34(49)26-14-23(13-25(26)33(48)45-31(38(5,6)7)35(50)42-20(4)32(47)40-8)54-30-16-28(29-18-55-37(44-29)41-19(2)3)43-27-15-22(53-9)11-12-24(27)30/h10-12,15-16,18-21,23,25-26,31H,1,13-14,17H2,2-9H3,(H,40,47)(H,41,44)(H,42,50)(H,45,48)(H,46,49)(H,51,52)/t20-,21+,23-,25+,26+,31+,39+/m0/s1. The van der Waals surface area contributed by atoms with Crippen molar-refractivity contribution in [3.8, 4) is 22.9 Å². The highest BCUT2D eigenvalue weighted by Crippen LogP contribution is 2.46. The summed E-state index contributed by atoms with van der Waals surface area (Å²) in [5, 5.41) is 27.4. The zero-order chi connectivity index (χ0) is 40.4. The smallest absolute Gasteiger partial charge is 0.330 e. The largest absolute Gasteiger partial charge is 0.497 e. The first-order valence-electron chi connectivity index (χ1n) is 18.3. The Balaban J connectivity index is 1.48. The van der Waals surface area contributed by atoms with Crippen molar-refractivity contribution in [1.29, 1.82) is 0 Å². The third-order valence-corrected chi connectivity index (χ3v) is 10.9. The molecule has 4 amide bonds. The Kier molecular flexibility index (Phi) is 12.1. The lowest BCUT2D eigenvalue weighted by Gasteiger charge is -2.32. The molecule has 0 saturated heterocycles. The number of aromatic nitrogens is 2. The molecule has 296 valence electrons. The van der Waals surface area contributed by atoms with Crippen molar-refractivity contribution in [3.63, 3.8) is 0 Å². The molecule has 2 heterocycles. The van der Waals surface area contributed by atoms with E-state index >= 15 is 0 Å². The molecule has 7 atom stereocenters. The molecule has 0 spiro atoms. The number of nitrogens with one attached hydrogen (secondary N) is 5. The number of thiazole rings is 1. The summed E-state index contributed by atoms with van der Waals surface area (Å²) in [4.78, 5) is 75.9. The molecule has 2 saturated carbocycles. The second-order valence-corrected chi connectivity index (χ2v) is 16.5. The number of anilines is 1. The second-order valence-electron chi connectivity index (χ2n) is 15.6. The molecule has 0 radical (unpaired) electrons. The fraction of sp³-hybridized carbons (Fsp3) is 0.513. The van der Waals surface area contributed by atoms with Crippen molar-refractivity contribution in [3.05, 3.63) is 42.3 Å². The number of likely N-dealkylation sites (N-methyl/N-ethyl adjacent to an activating group) is 1. The molecule has 0 unspecified atom stereocenters. The minimum absolute atomic E-state index is 0.0763. The molecule has 1 aromatic carbocycles. The van der Waals surface area contributed by atoms with Crippen molar-refractivity contribution in [2.24, 2.45) is 23.2 Å². The van der Waals surface area contributed by atoms with Crippen molar-refractivity contribution in [2.45, 2.75) is 90.6 Å². The van der Waals surface area contributed by atoms with Crippen molar-refractivity contribution < 1.29 is 38.6 Å². The van der Waals surface area contributed by atoms with Crippen LogP contribution in [0.25, 0.3) is 22.3 Å². The first-order valence-corrected chi connectivity index (χ1v) is 19.2. The molecule has 55 heavy (non-hydrogen) atoms. The summed E-state index contributed by atoms with van der Waals surface area (Å²) in [5.74, 6) is -4.78. The van der Waals surface area contributed by atoms with Gasteiger partial charge >= 0.3 is 5.97 Å². The number of benzene rings is 1. The van der Waals surface area contributed by atoms with E-state index < -0.39 is 76.5 Å². The molecule has 0 aliphatic heterocycles. The number of carboxylic acid groups (broad SMARTS) is 1. The van der Waals surface area contributed by atoms with E-state index in [1.54, 1.807) is 46.1 Å². The lowest BCUT2D eigenvalue weighted by Crippen LogP contribution is -2.58. The Hall–Kier alpha value is -5.25. The topological polar surface area (TPSA) is 210 Å². The van der Waals surface area contributed by atoms with E-state index in [2.05, 4.69) is 33.2 Å². The summed E-state index contributed by atoms with van der Waals surface area (Å²) in [5.41, 5.74) is -0.559. The number of nitrogens with zero attached hydrogens (tertiary/aromatic N) is 2. The number of carboxylic acids is 1. The maximum atomic E-state index is 14.3. The highest BCUT2D eigenvalue weighted by molar-refractivity contribution is 7.14. The number of amides is 4. The van der Waals surface area contributed by atoms with E-state index in [0.717, 1.165) is 5.13 Å². The minimum Gasteiger partial charge on any atom is -0.497 e. The third kappa shape index (κ3) is 9.01. The van der Waals surface area contributed by atoms with Gasteiger partial charge in [-0.2, -0.15) is 0 Å². The van der Waals surface area contributed by atoms with Gasteiger partial charge in [0.15, 0.2) is 5.13 Å². The summed E-state index contributed by atoms with van der Waals surface area (Å²) in [7, 11) is 3.02. The van der Waals surface area contributed by atoms with Gasteiger partial charge in [-0.05, 0) is 57.6 Å². The fourth-order valence-electron chi connectivity index (χ4n) is 6.91. The predicted molar refractivity (Wildman–Crippen MR) is 209 cm³/mol. The lowest BCUT2D eigenvalue weighted by molar-refractivity contribution is -0.145. The van der Waals surface area contributed by atoms with Gasteiger partial charge in [0.2, 0.25) is 23.6 Å². The van der Waals surface area contributed by atoms with Gasteiger partial charge in [-0.25, -0.2) is 14.8 Å². The highest BCUT2D eigenvalue weighted by Gasteiger charge is 2.61. The Morgan fingerprint density at radius 1 is 1.00 bits per heavy atom. The molecule has 0 bridgehead atoms. The van der Waals surface area contributed by atoms with E-state index in [9.17, 15) is 29.1 Å². The quantitative estimate of drug-likeness (QED) is 0.122. The molecule has 16 heteroatoms. The number of aliphatic carboxylic acids is 1. The zero-order valence-corrected chi connectivity index (χ0v) is 33.3. The van der Waals surface area contributed by atoms with E-state index in [1.807, 2.05) is 25.3 Å². The summed E-state index contributed by atoms with van der Waals surface area (Å²) in [6.45, 7) is 14.6. The monoisotopic (exact) mass is 777 g/mol. The van der Waals surface area contributed by atoms with Gasteiger partial charge in [0.1, 0.15) is 40.9 Å². The van der Waals surface area contributed by atoms with Crippen LogP contribution in [0.4, 0.5) is 5.13 Å². The van der Waals surface area contributed by atoms with Crippen molar-refractivity contribution in [2.75, 3.05) is 19.5 Å². The van der Waals surface area contributed by atoms with Gasteiger partial charge in [0.25, 0.3) is 0 Å². The number of ether oxygens (including phenoxy) is 2. The molecular weight excluding hydrogens is 727 g/mol. The summed E-state index contributed by atoms with van der Waals surface area (Å²) in [6.07, 6.45) is 1.16. The Labute approximate surface area is 324 Å². The van der Waals surface area contributed by atoms with Gasteiger partial charge in [-0.15, -0.1) is 17.9 Å². The SMILES string of the molecule is C=C[C@@H]1C[C@]1(NC(=O)[C@@H]1C[C@@H](Oc2cc(-c3csc(NC(C)C)n3)nc3cc(OC)ccc23)C[C@H]1C(=O)N[C@H](C(=O)N[C@@H](C)C(=O)NC)C(C)(C)C)C(=O)O. The molecule has 2 fully saturated rings. The number of carbonyl (C=O) groups is 5. The van der Waals surface area contributed by atoms with E-state index in [4.69, 9.17) is 19.4 Å². The maximum Gasteiger partial charge on any atom is 0.330 e. The van der Waals surface area contributed by atoms with Crippen LogP contribution in [0.1, 0.15) is 60.8 Å². The molecule has 6 N–H and O–H groups in total. The molecule has 15 nitrogen and oxygen atoms in total. The number of hydrogen-bond acceptors (Lipinski definition) is 11. The fourth-order valence-corrected chi connectivity index (χ4v) is 7.77. The summed E-state index contributed by atoms with van der Waals surface area (Å²) >= 11 is 1.45. The Bertz CT molecular complexity index is 1980. The molecule has 2 aliphatic carbocycles. The van der Waals surface area contributed by atoms with Crippen LogP contribution in [-0.4, -0.2) is 88.6 Å². The zero-order valence-electron chi connectivity index (χ0n) is 32.4. The van der Waals surface area contributed by atoms with Gasteiger partial charge in [-0.3, -0.25) is 19.2 Å². The normalized spacial score (nSPS) is 22.9. The number of methoxy groups -OCH3 is 1. The van der Waals surface area contributed by atoms with Crippen molar-refractivity contribution in [1.82, 2.24) is 31.2 Å². The van der Waals surface area contributed by atoms with E-state index in [0.29, 0.717) is 33.8 Å². The first kappa shape index (κ1) is 40.9. The van der Waals surface area contributed by atoms with Crippen LogP contribution >= 0.6 is 11.3 Å². The van der Waals surface area contributed by atoms with Gasteiger partial charge in [0.05, 0.1) is 30.2 Å². The minimum atomic E-state index is -1.52. The molecular formula is C39H51N7O8S. The molecule has 5 rings (SSSR count). The van der Waals surface area contributed by atoms with Gasteiger partial charge < -0.3 is 41.2 Å². The lowest BCUT2D eigenvalue weighted by atomic mass is 9.84. The van der Waals surface area contributed by atoms with Gasteiger partial charge in [-0.1, -0.05) is 26.8 Å². The van der Waals surface area contributed by atoms with E-state index in [-0.39, 0.29) is 25.3 Å². The second kappa shape index (κ2) is 16.2. The van der Waals surface area contributed by atoms with Crippen LogP contribution in [0.15, 0.2) is 42.3 Å². The van der Waals surface area contributed by atoms with Gasteiger partial charge in [0, 0.05) is 41.9 Å². The van der Waals surface area contributed by atoms with Crippen molar-refractivity contribution >= 4 is 57.0 Å². The number of fused-ring (bicyclic) bond motifs is 1. The average molecular weight is 778 g/mol. The van der Waals surface area contributed by atoms with Crippen LogP contribution in [-0.2, 0) is 24.0 Å². The van der Waals surface area contributed by atoms with Crippen LogP contribution in [0, 0.1) is 23.2 Å². The van der Waals surface area contributed by atoms with Crippen LogP contribution in [0.2, 0.25) is 0 Å².